The quantitative estimate of drug-likeness (QED) is 0.643. The fourth-order valence-corrected chi connectivity index (χ4v) is 1.16. The van der Waals surface area contributed by atoms with Crippen molar-refractivity contribution < 1.29 is 0 Å². The highest BCUT2D eigenvalue weighted by Crippen LogP contribution is 1.92. The summed E-state index contributed by atoms with van der Waals surface area (Å²) in [6.45, 7) is 3.27. The van der Waals surface area contributed by atoms with E-state index in [9.17, 15) is 9.59 Å². The third kappa shape index (κ3) is 1.58. The van der Waals surface area contributed by atoms with Gasteiger partial charge in [0, 0.05) is 11.8 Å². The van der Waals surface area contributed by atoms with Crippen LogP contribution in [-0.2, 0) is 0 Å². The van der Waals surface area contributed by atoms with Crippen LogP contribution in [0.2, 0.25) is 0 Å². The fourth-order valence-electron chi connectivity index (χ4n) is 1.16. The van der Waals surface area contributed by atoms with Gasteiger partial charge in [-0.15, -0.1) is 10.2 Å². The summed E-state index contributed by atoms with van der Waals surface area (Å²) in [5.74, 6) is 0.0868. The number of nitrogens with zero attached hydrogens (tertiary/aromatic N) is 3. The van der Waals surface area contributed by atoms with Crippen molar-refractivity contribution in [1.29, 1.82) is 0 Å². The summed E-state index contributed by atoms with van der Waals surface area (Å²) in [7, 11) is 0. The van der Waals surface area contributed by atoms with E-state index in [1.165, 1.54) is 6.07 Å². The lowest BCUT2D eigenvalue weighted by Crippen LogP contribution is -2.23. The van der Waals surface area contributed by atoms with Gasteiger partial charge in [0.1, 0.15) is 5.69 Å². The Bertz CT molecular complexity index is 606. The van der Waals surface area contributed by atoms with Crippen molar-refractivity contribution in [3.8, 4) is 5.95 Å². The van der Waals surface area contributed by atoms with Crippen LogP contribution < -0.4 is 11.1 Å². The highest BCUT2D eigenvalue weighted by molar-refractivity contribution is 5.10. The van der Waals surface area contributed by atoms with E-state index in [0.717, 1.165) is 4.68 Å². The third-order valence-corrected chi connectivity index (χ3v) is 1.91. The summed E-state index contributed by atoms with van der Waals surface area (Å²) < 4.78 is 1.13. The molecule has 2 heterocycles. The summed E-state index contributed by atoms with van der Waals surface area (Å²) >= 11 is 0. The monoisotopic (exact) mass is 207 g/mol. The number of aromatic amines is 2. The van der Waals surface area contributed by atoms with Gasteiger partial charge < -0.3 is 0 Å². The third-order valence-electron chi connectivity index (χ3n) is 1.91. The zero-order valence-electron chi connectivity index (χ0n) is 8.24. The second-order valence-electron chi connectivity index (χ2n) is 3.18. The second kappa shape index (κ2) is 3.19. The van der Waals surface area contributed by atoms with Crippen LogP contribution in [0.15, 0.2) is 15.7 Å². The van der Waals surface area contributed by atoms with Crippen molar-refractivity contribution in [2.45, 2.75) is 13.8 Å². The Morgan fingerprint density at radius 3 is 2.53 bits per heavy atom. The average Bonchev–Trinajstić information content (AvgIpc) is 2.50. The van der Waals surface area contributed by atoms with Gasteiger partial charge >= 0.3 is 0 Å². The van der Waals surface area contributed by atoms with Crippen LogP contribution in [0.4, 0.5) is 0 Å². The maximum absolute atomic E-state index is 11.4. The molecule has 2 rings (SSSR count). The molecule has 0 aliphatic heterocycles. The van der Waals surface area contributed by atoms with Gasteiger partial charge in [-0.1, -0.05) is 0 Å². The lowest BCUT2D eigenvalue weighted by Gasteiger charge is -1.98. The number of hydrogen-bond acceptors (Lipinski definition) is 4. The molecule has 0 spiro atoms. The van der Waals surface area contributed by atoms with E-state index in [0.29, 0.717) is 5.69 Å². The van der Waals surface area contributed by atoms with Crippen molar-refractivity contribution in [2.24, 2.45) is 0 Å². The van der Waals surface area contributed by atoms with Gasteiger partial charge in [0.25, 0.3) is 17.1 Å². The maximum Gasteiger partial charge on any atom is 0.274 e. The molecule has 0 bridgehead atoms. The number of rotatable bonds is 1. The zero-order valence-corrected chi connectivity index (χ0v) is 8.24. The van der Waals surface area contributed by atoms with Crippen LogP contribution in [0.1, 0.15) is 11.4 Å². The standard InChI is InChI=1S/C8H9N5O2/c1-4-3-6(14)13(12-4)8-9-7(15)5(2)10-11-8/h3,12H,1-2H3,(H,9,11,15). The Morgan fingerprint density at radius 2 is 2.00 bits per heavy atom. The summed E-state index contributed by atoms with van der Waals surface area (Å²) in [5.41, 5.74) is 0.291. The van der Waals surface area contributed by atoms with Crippen molar-refractivity contribution in [3.05, 3.63) is 38.2 Å². The Hall–Kier alpha value is -2.18. The molecule has 15 heavy (non-hydrogen) atoms. The topological polar surface area (TPSA) is 96.4 Å². The predicted molar refractivity (Wildman–Crippen MR) is 52.1 cm³/mol. The van der Waals surface area contributed by atoms with Crippen molar-refractivity contribution in [3.63, 3.8) is 0 Å². The minimum Gasteiger partial charge on any atom is -0.293 e. The number of H-pyrrole nitrogens is 2. The molecule has 0 atom stereocenters. The summed E-state index contributed by atoms with van der Waals surface area (Å²) in [6.07, 6.45) is 0. The molecule has 0 saturated heterocycles. The van der Waals surface area contributed by atoms with E-state index in [4.69, 9.17) is 0 Å². The van der Waals surface area contributed by atoms with E-state index < -0.39 is 0 Å². The van der Waals surface area contributed by atoms with E-state index in [1.807, 2.05) is 0 Å². The van der Waals surface area contributed by atoms with Gasteiger partial charge in [0.05, 0.1) is 0 Å². The Morgan fingerprint density at radius 1 is 1.27 bits per heavy atom. The molecule has 2 aromatic heterocycles. The van der Waals surface area contributed by atoms with E-state index in [1.54, 1.807) is 13.8 Å². The van der Waals surface area contributed by atoms with E-state index in [2.05, 4.69) is 20.3 Å². The lowest BCUT2D eigenvalue weighted by atomic mass is 10.5. The van der Waals surface area contributed by atoms with Crippen LogP contribution in [-0.4, -0.2) is 25.0 Å². The van der Waals surface area contributed by atoms with Crippen molar-refractivity contribution in [2.75, 3.05) is 0 Å². The Labute approximate surface area is 83.8 Å². The molecule has 0 unspecified atom stereocenters. The SMILES string of the molecule is Cc1cc(=O)n(-c2nnc(C)c(=O)[nH]2)[nH]1. The molecule has 0 saturated carbocycles. The normalized spacial score (nSPS) is 10.5. The van der Waals surface area contributed by atoms with Crippen LogP contribution in [0.3, 0.4) is 0 Å². The van der Waals surface area contributed by atoms with Gasteiger partial charge in [0.15, 0.2) is 0 Å². The summed E-state index contributed by atoms with van der Waals surface area (Å²) in [5, 5.41) is 10.1. The first-order valence-electron chi connectivity index (χ1n) is 4.30. The van der Waals surface area contributed by atoms with Gasteiger partial charge in [-0.05, 0) is 13.8 Å². The average molecular weight is 207 g/mol. The van der Waals surface area contributed by atoms with Crippen molar-refractivity contribution in [1.82, 2.24) is 25.0 Å². The van der Waals surface area contributed by atoms with Crippen LogP contribution in [0, 0.1) is 13.8 Å². The second-order valence-corrected chi connectivity index (χ2v) is 3.18. The zero-order chi connectivity index (χ0) is 11.0. The molecular formula is C8H9N5O2. The smallest absolute Gasteiger partial charge is 0.274 e. The molecule has 7 heteroatoms. The molecule has 0 amide bonds. The van der Waals surface area contributed by atoms with Crippen molar-refractivity contribution >= 4 is 0 Å². The molecule has 2 aromatic rings. The van der Waals surface area contributed by atoms with Crippen LogP contribution in [0.25, 0.3) is 5.95 Å². The Kier molecular flexibility index (Phi) is 2.00. The first-order chi connectivity index (χ1) is 7.08. The summed E-state index contributed by atoms with van der Waals surface area (Å²) in [4.78, 5) is 25.1. The number of aromatic nitrogens is 5. The maximum atomic E-state index is 11.4. The molecule has 0 fully saturated rings. The van der Waals surface area contributed by atoms with Crippen LogP contribution in [0.5, 0.6) is 0 Å². The van der Waals surface area contributed by atoms with E-state index in [-0.39, 0.29) is 22.8 Å². The first-order valence-corrected chi connectivity index (χ1v) is 4.30. The number of hydrogen-bond donors (Lipinski definition) is 2. The van der Waals surface area contributed by atoms with Gasteiger partial charge in [0.2, 0.25) is 0 Å². The predicted octanol–water partition coefficient (Wildman–Crippen LogP) is -0.739. The molecule has 7 nitrogen and oxygen atoms in total. The van der Waals surface area contributed by atoms with E-state index >= 15 is 0 Å². The molecule has 0 aliphatic carbocycles. The van der Waals surface area contributed by atoms with Gasteiger partial charge in [-0.3, -0.25) is 19.7 Å². The van der Waals surface area contributed by atoms with Gasteiger partial charge in [-0.2, -0.15) is 4.68 Å². The summed E-state index contributed by atoms with van der Waals surface area (Å²) in [6, 6.07) is 1.40. The molecule has 2 N–H and O–H groups in total. The molecule has 0 radical (unpaired) electrons. The fraction of sp³-hybridized carbons (Fsp3) is 0.250. The largest absolute Gasteiger partial charge is 0.293 e. The lowest BCUT2D eigenvalue weighted by molar-refractivity contribution is 0.729. The molecule has 78 valence electrons. The minimum atomic E-state index is -0.362. The molecule has 0 aliphatic rings. The van der Waals surface area contributed by atoms with Gasteiger partial charge in [-0.25, -0.2) is 0 Å². The minimum absolute atomic E-state index is 0.0868. The number of aryl methyl sites for hydroxylation is 2. The number of nitrogens with one attached hydrogen (secondary N) is 2. The first kappa shape index (κ1) is 9.38. The van der Waals surface area contributed by atoms with Crippen LogP contribution >= 0.6 is 0 Å². The Balaban J connectivity index is 2.64. The molecular weight excluding hydrogens is 198 g/mol. The molecule has 0 aromatic carbocycles. The highest BCUT2D eigenvalue weighted by Gasteiger charge is 2.06. The highest BCUT2D eigenvalue weighted by atomic mass is 16.1.